The normalized spacial score (nSPS) is 12.5. The lowest BCUT2D eigenvalue weighted by atomic mass is 10.3. The Bertz CT molecular complexity index is 381. The Morgan fingerprint density at radius 2 is 1.79 bits per heavy atom. The topological polar surface area (TPSA) is 72.3 Å². The van der Waals surface area contributed by atoms with E-state index in [1.165, 1.54) is 6.34 Å². The van der Waals surface area contributed by atoms with Gasteiger partial charge in [0.05, 0.1) is 6.67 Å². The molecule has 0 aliphatic heterocycles. The van der Waals surface area contributed by atoms with Crippen LogP contribution >= 0.6 is 0 Å². The van der Waals surface area contributed by atoms with Gasteiger partial charge in [-0.25, -0.2) is 4.99 Å². The van der Waals surface area contributed by atoms with Crippen LogP contribution in [-0.4, -0.2) is 88.3 Å². The molecule has 0 aliphatic rings. The Morgan fingerprint density at radius 1 is 1.08 bits per heavy atom. The molecule has 0 saturated heterocycles. The van der Waals surface area contributed by atoms with Gasteiger partial charge in [0.25, 0.3) is 5.91 Å². The Kier molecular flexibility index (Phi) is 14.4. The van der Waals surface area contributed by atoms with E-state index >= 15 is 0 Å². The average molecular weight is 341 g/mol. The van der Waals surface area contributed by atoms with E-state index in [4.69, 9.17) is 0 Å². The SMILES string of the molecule is CCCN(C)CCCNC(=O)C(C)=NC=NCNCCCN(C)C. The molecule has 24 heavy (non-hydrogen) atoms. The van der Waals surface area contributed by atoms with Crippen molar-refractivity contribution in [3.63, 3.8) is 0 Å². The summed E-state index contributed by atoms with van der Waals surface area (Å²) in [6.45, 7) is 9.13. The Morgan fingerprint density at radius 3 is 2.46 bits per heavy atom. The molecule has 0 unspecified atom stereocenters. The number of carbonyl (C=O) groups is 1. The second-order valence-corrected chi connectivity index (χ2v) is 6.24. The fraction of sp³-hybridized carbons (Fsp3) is 0.824. The summed E-state index contributed by atoms with van der Waals surface area (Å²) in [5, 5.41) is 6.09. The van der Waals surface area contributed by atoms with E-state index in [9.17, 15) is 4.79 Å². The third kappa shape index (κ3) is 14.3. The van der Waals surface area contributed by atoms with E-state index in [0.717, 1.165) is 45.4 Å². The standard InChI is InChI=1S/C17H36N6O/c1-6-11-23(5)13-8-10-20-17(24)16(2)21-15-19-14-18-9-7-12-22(3)4/h15,18H,6-14H2,1-5H3,(H,20,24). The summed E-state index contributed by atoms with van der Waals surface area (Å²) in [5.74, 6) is -0.126. The Hall–Kier alpha value is -1.31. The zero-order valence-electron chi connectivity index (χ0n) is 16.1. The minimum Gasteiger partial charge on any atom is -0.351 e. The van der Waals surface area contributed by atoms with Crippen LogP contribution in [0, 0.1) is 0 Å². The third-order valence-corrected chi connectivity index (χ3v) is 3.43. The second kappa shape index (κ2) is 15.2. The number of rotatable bonds is 14. The number of hydrogen-bond acceptors (Lipinski definition) is 5. The summed E-state index contributed by atoms with van der Waals surface area (Å²) >= 11 is 0. The molecule has 0 aromatic rings. The van der Waals surface area contributed by atoms with Gasteiger partial charge in [-0.1, -0.05) is 6.92 Å². The fourth-order valence-electron chi connectivity index (χ4n) is 2.06. The average Bonchev–Trinajstić information content (AvgIpc) is 2.53. The Labute approximate surface area is 147 Å². The summed E-state index contributed by atoms with van der Waals surface area (Å²) in [4.78, 5) is 24.5. The van der Waals surface area contributed by atoms with Crippen molar-refractivity contribution < 1.29 is 4.79 Å². The van der Waals surface area contributed by atoms with Crippen molar-refractivity contribution in [2.24, 2.45) is 9.98 Å². The molecular formula is C17H36N6O. The highest BCUT2D eigenvalue weighted by molar-refractivity contribution is 6.38. The number of hydrogen-bond donors (Lipinski definition) is 2. The highest BCUT2D eigenvalue weighted by atomic mass is 16.1. The van der Waals surface area contributed by atoms with Crippen LogP contribution in [-0.2, 0) is 4.79 Å². The zero-order valence-corrected chi connectivity index (χ0v) is 16.1. The van der Waals surface area contributed by atoms with Gasteiger partial charge < -0.3 is 15.1 Å². The first-order valence-electron chi connectivity index (χ1n) is 8.82. The van der Waals surface area contributed by atoms with E-state index < -0.39 is 0 Å². The summed E-state index contributed by atoms with van der Waals surface area (Å²) in [6, 6.07) is 0. The van der Waals surface area contributed by atoms with Gasteiger partial charge in [-0.15, -0.1) is 0 Å². The summed E-state index contributed by atoms with van der Waals surface area (Å²) in [6.07, 6.45) is 4.63. The van der Waals surface area contributed by atoms with Crippen molar-refractivity contribution in [2.45, 2.75) is 33.1 Å². The second-order valence-electron chi connectivity index (χ2n) is 6.24. The predicted octanol–water partition coefficient (Wildman–Crippen LogP) is 0.823. The maximum absolute atomic E-state index is 11.8. The van der Waals surface area contributed by atoms with Crippen molar-refractivity contribution in [1.29, 1.82) is 0 Å². The summed E-state index contributed by atoms with van der Waals surface area (Å²) in [5.41, 5.74) is 0.438. The van der Waals surface area contributed by atoms with Crippen LogP contribution in [0.4, 0.5) is 0 Å². The molecule has 0 fully saturated rings. The summed E-state index contributed by atoms with van der Waals surface area (Å²) < 4.78 is 0. The minimum atomic E-state index is -0.126. The number of carbonyl (C=O) groups excluding carboxylic acids is 1. The molecule has 0 radical (unpaired) electrons. The molecule has 0 aromatic heterocycles. The maximum Gasteiger partial charge on any atom is 0.265 e. The monoisotopic (exact) mass is 340 g/mol. The number of aliphatic imine (C=N–C) groups is 2. The largest absolute Gasteiger partial charge is 0.351 e. The molecule has 0 aromatic carbocycles. The first-order valence-corrected chi connectivity index (χ1v) is 8.82. The van der Waals surface area contributed by atoms with Crippen molar-refractivity contribution >= 4 is 18.0 Å². The molecule has 0 rings (SSSR count). The first-order chi connectivity index (χ1) is 11.5. The molecule has 0 bridgehead atoms. The van der Waals surface area contributed by atoms with Crippen LogP contribution in [0.5, 0.6) is 0 Å². The lowest BCUT2D eigenvalue weighted by Crippen LogP contribution is -2.32. The van der Waals surface area contributed by atoms with Crippen LogP contribution < -0.4 is 10.6 Å². The Balaban J connectivity index is 3.75. The zero-order chi connectivity index (χ0) is 18.2. The fourth-order valence-corrected chi connectivity index (χ4v) is 2.06. The van der Waals surface area contributed by atoms with Crippen molar-refractivity contribution in [3.05, 3.63) is 0 Å². The van der Waals surface area contributed by atoms with Crippen molar-refractivity contribution in [2.75, 3.05) is 60.5 Å². The van der Waals surface area contributed by atoms with Gasteiger partial charge in [0.1, 0.15) is 12.1 Å². The minimum absolute atomic E-state index is 0.126. The molecule has 7 nitrogen and oxygen atoms in total. The molecule has 1 amide bonds. The van der Waals surface area contributed by atoms with Gasteiger partial charge in [-0.3, -0.25) is 15.1 Å². The van der Waals surface area contributed by atoms with Gasteiger partial charge in [-0.2, -0.15) is 0 Å². The molecule has 0 atom stereocenters. The highest BCUT2D eigenvalue weighted by Crippen LogP contribution is 1.89. The third-order valence-electron chi connectivity index (χ3n) is 3.43. The quantitative estimate of drug-likeness (QED) is 0.279. The molecule has 140 valence electrons. The molecule has 0 saturated carbocycles. The number of amides is 1. The molecule has 0 spiro atoms. The highest BCUT2D eigenvalue weighted by Gasteiger charge is 2.04. The van der Waals surface area contributed by atoms with E-state index in [2.05, 4.69) is 58.5 Å². The summed E-state index contributed by atoms with van der Waals surface area (Å²) in [7, 11) is 6.22. The van der Waals surface area contributed by atoms with Crippen LogP contribution in [0.25, 0.3) is 0 Å². The molecule has 2 N–H and O–H groups in total. The van der Waals surface area contributed by atoms with Crippen LogP contribution in [0.3, 0.4) is 0 Å². The molecular weight excluding hydrogens is 304 g/mol. The van der Waals surface area contributed by atoms with Gasteiger partial charge in [0, 0.05) is 6.54 Å². The van der Waals surface area contributed by atoms with Crippen LogP contribution in [0.15, 0.2) is 9.98 Å². The lowest BCUT2D eigenvalue weighted by molar-refractivity contribution is -0.114. The van der Waals surface area contributed by atoms with Crippen molar-refractivity contribution in [3.8, 4) is 0 Å². The molecule has 0 heterocycles. The lowest BCUT2D eigenvalue weighted by Gasteiger charge is -2.15. The van der Waals surface area contributed by atoms with Gasteiger partial charge in [0.15, 0.2) is 0 Å². The predicted molar refractivity (Wildman–Crippen MR) is 103 cm³/mol. The van der Waals surface area contributed by atoms with E-state index in [1.807, 2.05) is 0 Å². The van der Waals surface area contributed by atoms with Crippen LogP contribution in [0.2, 0.25) is 0 Å². The van der Waals surface area contributed by atoms with E-state index in [-0.39, 0.29) is 5.91 Å². The van der Waals surface area contributed by atoms with E-state index in [0.29, 0.717) is 18.9 Å². The van der Waals surface area contributed by atoms with E-state index in [1.54, 1.807) is 6.92 Å². The van der Waals surface area contributed by atoms with Crippen molar-refractivity contribution in [1.82, 2.24) is 20.4 Å². The van der Waals surface area contributed by atoms with Gasteiger partial charge in [-0.05, 0) is 73.5 Å². The van der Waals surface area contributed by atoms with Crippen LogP contribution in [0.1, 0.15) is 33.1 Å². The molecule has 7 heteroatoms. The molecule has 0 aliphatic carbocycles. The first kappa shape index (κ1) is 22.7. The number of nitrogens with one attached hydrogen (secondary N) is 2. The van der Waals surface area contributed by atoms with Gasteiger partial charge >= 0.3 is 0 Å². The maximum atomic E-state index is 11.8. The number of nitrogens with zero attached hydrogens (tertiary/aromatic N) is 4. The smallest absolute Gasteiger partial charge is 0.265 e. The van der Waals surface area contributed by atoms with Gasteiger partial charge in [0.2, 0.25) is 0 Å².